The first-order valence-corrected chi connectivity index (χ1v) is 7.18. The lowest BCUT2D eigenvalue weighted by Gasteiger charge is -2.06. The Kier molecular flexibility index (Phi) is 5.08. The number of hydrogen-bond donors (Lipinski definition) is 1. The summed E-state index contributed by atoms with van der Waals surface area (Å²) >= 11 is 1.51. The first-order valence-electron chi connectivity index (χ1n) is 6.37. The predicted molar refractivity (Wildman–Crippen MR) is 79.9 cm³/mol. The molecule has 1 aromatic heterocycles. The van der Waals surface area contributed by atoms with Gasteiger partial charge < -0.3 is 15.0 Å². The van der Waals surface area contributed by atoms with Crippen LogP contribution >= 0.6 is 11.3 Å². The lowest BCUT2D eigenvalue weighted by Crippen LogP contribution is -2.13. The second-order valence-corrected chi connectivity index (χ2v) is 5.72. The van der Waals surface area contributed by atoms with Gasteiger partial charge >= 0.3 is 0 Å². The first-order chi connectivity index (χ1) is 10.0. The molecule has 2 aromatic rings. The molecule has 0 fully saturated rings. The standard InChI is InChI=1S/C14H17F2N3OS/c1-19(2)14-18-13(20-3)12(21-14)8-17-7-9-4-5-10(15)6-11(9)16/h4-6,17H,7-8H2,1-3H3. The fourth-order valence-electron chi connectivity index (χ4n) is 1.76. The van der Waals surface area contributed by atoms with Gasteiger partial charge in [0.2, 0.25) is 5.88 Å². The highest BCUT2D eigenvalue weighted by Gasteiger charge is 2.13. The molecule has 0 unspecified atom stereocenters. The first kappa shape index (κ1) is 15.7. The Morgan fingerprint density at radius 1 is 1.29 bits per heavy atom. The smallest absolute Gasteiger partial charge is 0.230 e. The van der Waals surface area contributed by atoms with Crippen molar-refractivity contribution in [2.45, 2.75) is 13.1 Å². The van der Waals surface area contributed by atoms with E-state index >= 15 is 0 Å². The Morgan fingerprint density at radius 3 is 2.67 bits per heavy atom. The molecule has 7 heteroatoms. The molecule has 1 heterocycles. The molecule has 114 valence electrons. The largest absolute Gasteiger partial charge is 0.480 e. The van der Waals surface area contributed by atoms with Crippen LogP contribution in [0.1, 0.15) is 10.4 Å². The van der Waals surface area contributed by atoms with Crippen LogP contribution < -0.4 is 15.0 Å². The topological polar surface area (TPSA) is 37.4 Å². The van der Waals surface area contributed by atoms with E-state index in [1.165, 1.54) is 23.5 Å². The van der Waals surface area contributed by atoms with Crippen LogP contribution in [-0.2, 0) is 13.1 Å². The van der Waals surface area contributed by atoms with Gasteiger partial charge in [0, 0.05) is 38.8 Å². The molecule has 4 nitrogen and oxygen atoms in total. The van der Waals surface area contributed by atoms with E-state index in [1.807, 2.05) is 19.0 Å². The number of methoxy groups -OCH3 is 1. The zero-order valence-corrected chi connectivity index (χ0v) is 12.9. The highest BCUT2D eigenvalue weighted by molar-refractivity contribution is 7.15. The summed E-state index contributed by atoms with van der Waals surface area (Å²) < 4.78 is 31.6. The Hall–Kier alpha value is -1.73. The van der Waals surface area contributed by atoms with Crippen molar-refractivity contribution in [2.75, 3.05) is 26.1 Å². The van der Waals surface area contributed by atoms with Gasteiger partial charge in [-0.15, -0.1) is 0 Å². The van der Waals surface area contributed by atoms with Gasteiger partial charge in [-0.05, 0) is 6.07 Å². The minimum absolute atomic E-state index is 0.310. The second-order valence-electron chi connectivity index (χ2n) is 4.66. The fourth-order valence-corrected chi connectivity index (χ4v) is 2.69. The third kappa shape index (κ3) is 3.89. The highest BCUT2D eigenvalue weighted by Crippen LogP contribution is 2.30. The molecule has 0 aliphatic carbocycles. The number of anilines is 1. The number of thiazole rings is 1. The van der Waals surface area contributed by atoms with E-state index in [0.29, 0.717) is 24.5 Å². The average Bonchev–Trinajstić information content (AvgIpc) is 2.85. The molecule has 0 aliphatic rings. The molecular formula is C14H17F2N3OS. The molecule has 0 bridgehead atoms. The molecule has 0 saturated carbocycles. The van der Waals surface area contributed by atoms with Crippen LogP contribution in [0, 0.1) is 11.6 Å². The molecule has 0 atom stereocenters. The van der Waals surface area contributed by atoms with Crippen LogP contribution in [-0.4, -0.2) is 26.2 Å². The van der Waals surface area contributed by atoms with Gasteiger partial charge in [-0.3, -0.25) is 0 Å². The lowest BCUT2D eigenvalue weighted by molar-refractivity contribution is 0.394. The number of hydrogen-bond acceptors (Lipinski definition) is 5. The molecule has 2 rings (SSSR count). The van der Waals surface area contributed by atoms with Crippen LogP contribution in [0.25, 0.3) is 0 Å². The predicted octanol–water partition coefficient (Wildman–Crippen LogP) is 2.79. The number of benzene rings is 1. The number of rotatable bonds is 6. The maximum Gasteiger partial charge on any atom is 0.230 e. The minimum Gasteiger partial charge on any atom is -0.480 e. The molecular weight excluding hydrogens is 296 g/mol. The number of nitrogens with one attached hydrogen (secondary N) is 1. The van der Waals surface area contributed by atoms with Crippen LogP contribution in [0.2, 0.25) is 0 Å². The van der Waals surface area contributed by atoms with E-state index in [1.54, 1.807) is 7.11 Å². The summed E-state index contributed by atoms with van der Waals surface area (Å²) in [5.41, 5.74) is 0.424. The molecule has 1 aromatic carbocycles. The third-order valence-corrected chi connectivity index (χ3v) is 4.05. The molecule has 0 aliphatic heterocycles. The van der Waals surface area contributed by atoms with Crippen LogP contribution in [0.15, 0.2) is 18.2 Å². The SMILES string of the molecule is COc1nc(N(C)C)sc1CNCc1ccc(F)cc1F. The molecule has 0 amide bonds. The quantitative estimate of drug-likeness (QED) is 0.890. The lowest BCUT2D eigenvalue weighted by atomic mass is 10.2. The fraction of sp³-hybridized carbons (Fsp3) is 0.357. The maximum absolute atomic E-state index is 13.5. The van der Waals surface area contributed by atoms with Crippen LogP contribution in [0.4, 0.5) is 13.9 Å². The minimum atomic E-state index is -0.573. The van der Waals surface area contributed by atoms with Gasteiger partial charge in [0.15, 0.2) is 5.13 Å². The van der Waals surface area contributed by atoms with Gasteiger partial charge in [-0.1, -0.05) is 17.4 Å². The Labute approximate surface area is 126 Å². The summed E-state index contributed by atoms with van der Waals surface area (Å²) in [4.78, 5) is 7.17. The summed E-state index contributed by atoms with van der Waals surface area (Å²) in [5, 5.41) is 3.96. The van der Waals surface area contributed by atoms with E-state index in [-0.39, 0.29) is 0 Å². The Balaban J connectivity index is 1.99. The Bertz CT molecular complexity index is 616. The monoisotopic (exact) mass is 313 g/mol. The molecule has 0 saturated heterocycles. The van der Waals surface area contributed by atoms with Gasteiger partial charge in [-0.25, -0.2) is 8.78 Å². The highest BCUT2D eigenvalue weighted by atomic mass is 32.1. The van der Waals surface area contributed by atoms with Crippen LogP contribution in [0.3, 0.4) is 0 Å². The summed E-state index contributed by atoms with van der Waals surface area (Å²) in [6.07, 6.45) is 0. The number of aromatic nitrogens is 1. The number of ether oxygens (including phenoxy) is 1. The zero-order chi connectivity index (χ0) is 15.4. The van der Waals surface area contributed by atoms with E-state index in [2.05, 4.69) is 10.3 Å². The molecule has 21 heavy (non-hydrogen) atoms. The number of halogens is 2. The molecule has 0 radical (unpaired) electrons. The second kappa shape index (κ2) is 6.82. The normalized spacial score (nSPS) is 10.7. The third-order valence-electron chi connectivity index (χ3n) is 2.84. The van der Waals surface area contributed by atoms with Gasteiger partial charge in [0.1, 0.15) is 11.6 Å². The van der Waals surface area contributed by atoms with E-state index in [0.717, 1.165) is 16.1 Å². The van der Waals surface area contributed by atoms with Crippen molar-refractivity contribution >= 4 is 16.5 Å². The summed E-state index contributed by atoms with van der Waals surface area (Å²) in [6, 6.07) is 3.57. The van der Waals surface area contributed by atoms with Crippen molar-refractivity contribution in [1.82, 2.24) is 10.3 Å². The van der Waals surface area contributed by atoms with Crippen molar-refractivity contribution in [3.63, 3.8) is 0 Å². The maximum atomic E-state index is 13.5. The van der Waals surface area contributed by atoms with Gasteiger partial charge in [0.25, 0.3) is 0 Å². The summed E-state index contributed by atoms with van der Waals surface area (Å²) in [7, 11) is 5.38. The zero-order valence-electron chi connectivity index (χ0n) is 12.1. The van der Waals surface area contributed by atoms with E-state index in [4.69, 9.17) is 4.74 Å². The van der Waals surface area contributed by atoms with Crippen molar-refractivity contribution in [3.05, 3.63) is 40.3 Å². The van der Waals surface area contributed by atoms with Crippen molar-refractivity contribution in [2.24, 2.45) is 0 Å². The average molecular weight is 313 g/mol. The van der Waals surface area contributed by atoms with Crippen LogP contribution in [0.5, 0.6) is 5.88 Å². The summed E-state index contributed by atoms with van der Waals surface area (Å²) in [5.74, 6) is -0.556. The van der Waals surface area contributed by atoms with Gasteiger partial charge in [0.05, 0.1) is 12.0 Å². The summed E-state index contributed by atoms with van der Waals surface area (Å²) in [6.45, 7) is 0.815. The van der Waals surface area contributed by atoms with E-state index < -0.39 is 11.6 Å². The number of nitrogens with zero attached hydrogens (tertiary/aromatic N) is 2. The van der Waals surface area contributed by atoms with Crippen molar-refractivity contribution < 1.29 is 13.5 Å². The van der Waals surface area contributed by atoms with Crippen molar-refractivity contribution in [1.29, 1.82) is 0 Å². The molecule has 1 N–H and O–H groups in total. The molecule has 0 spiro atoms. The van der Waals surface area contributed by atoms with Gasteiger partial charge in [-0.2, -0.15) is 4.98 Å². The van der Waals surface area contributed by atoms with Crippen molar-refractivity contribution in [3.8, 4) is 5.88 Å². The Morgan fingerprint density at radius 2 is 2.05 bits per heavy atom. The van der Waals surface area contributed by atoms with E-state index in [9.17, 15) is 8.78 Å².